The lowest BCUT2D eigenvalue weighted by atomic mass is 9.90. The maximum absolute atomic E-state index is 14.1. The number of carbonyl (C=O) groups is 11. The van der Waals surface area contributed by atoms with Gasteiger partial charge in [0, 0.05) is 57.0 Å². The highest BCUT2D eigenvalue weighted by Gasteiger charge is 2.40. The number of Topliss-reactive ketones (excluding diaryl/α,β-unsaturated/α-hetero) is 1. The second kappa shape index (κ2) is 26.9. The topological polar surface area (TPSA) is 374 Å². The van der Waals surface area contributed by atoms with E-state index in [1.165, 1.54) is 0 Å². The van der Waals surface area contributed by atoms with E-state index in [1.807, 2.05) is 0 Å². The fraction of sp³-hybridized carbons (Fsp3) is 0.561. The lowest BCUT2D eigenvalue weighted by molar-refractivity contribution is -0.141. The van der Waals surface area contributed by atoms with Crippen LogP contribution in [0.2, 0.25) is 0 Å². The van der Waals surface area contributed by atoms with Gasteiger partial charge in [-0.3, -0.25) is 62.6 Å². The van der Waals surface area contributed by atoms with Gasteiger partial charge >= 0.3 is 5.97 Å². The largest absolute Gasteiger partial charge is 0.481 e. The fourth-order valence-corrected chi connectivity index (χ4v) is 8.03. The maximum atomic E-state index is 14.1. The first-order valence-electron chi connectivity index (χ1n) is 21.2. The van der Waals surface area contributed by atoms with Gasteiger partial charge in [0.05, 0.1) is 24.3 Å². The Morgan fingerprint density at radius 2 is 1.57 bits per heavy atom. The molecule has 2 fully saturated rings. The number of carboxylic acid groups (broad SMARTS) is 1. The lowest BCUT2D eigenvalue weighted by Crippen LogP contribution is -2.54. The van der Waals surface area contributed by atoms with Gasteiger partial charge in [-0.15, -0.1) is 11.8 Å². The molecule has 3 rings (SSSR count). The van der Waals surface area contributed by atoms with Gasteiger partial charge in [-0.1, -0.05) is 43.7 Å². The van der Waals surface area contributed by atoms with Gasteiger partial charge in [-0.2, -0.15) is 0 Å². The average Bonchev–Trinajstić information content (AvgIpc) is 3.53. The van der Waals surface area contributed by atoms with Crippen LogP contribution in [0.5, 0.6) is 0 Å². The number of rotatable bonds is 22. The summed E-state index contributed by atoms with van der Waals surface area (Å²) in [4.78, 5) is 146. The summed E-state index contributed by atoms with van der Waals surface area (Å²) in [6.45, 7) is 0.955. The van der Waals surface area contributed by atoms with Gasteiger partial charge in [0.1, 0.15) is 18.1 Å². The number of primary amides is 1. The molecule has 2 aliphatic rings. The average molecular weight is 930 g/mol. The van der Waals surface area contributed by atoms with E-state index in [4.69, 9.17) is 17.2 Å². The summed E-state index contributed by atoms with van der Waals surface area (Å²) in [7, 11) is 0. The van der Waals surface area contributed by atoms with Crippen LogP contribution in [0, 0.1) is 5.92 Å². The normalized spacial score (nSPS) is 21.4. The van der Waals surface area contributed by atoms with E-state index in [9.17, 15) is 57.8 Å². The number of nitrogens with one attached hydrogen (secondary N) is 6. The van der Waals surface area contributed by atoms with Crippen LogP contribution in [0.4, 0.5) is 0 Å². The van der Waals surface area contributed by atoms with Crippen LogP contribution in [-0.4, -0.2) is 142 Å². The van der Waals surface area contributed by atoms with Crippen LogP contribution in [0.15, 0.2) is 35.3 Å². The first-order chi connectivity index (χ1) is 30.9. The van der Waals surface area contributed by atoms with Crippen molar-refractivity contribution >= 4 is 82.6 Å². The molecule has 2 unspecified atom stereocenters. The van der Waals surface area contributed by atoms with Crippen LogP contribution in [0.25, 0.3) is 0 Å². The number of amides is 9. The second-order valence-corrected chi connectivity index (χ2v) is 16.7. The fourth-order valence-electron chi connectivity index (χ4n) is 6.83. The van der Waals surface area contributed by atoms with E-state index in [0.29, 0.717) is 12.0 Å². The molecule has 24 heteroatoms. The molecule has 1 aromatic rings. The Hall–Kier alpha value is -6.59. The van der Waals surface area contributed by atoms with Crippen molar-refractivity contribution in [1.29, 1.82) is 0 Å². The summed E-state index contributed by atoms with van der Waals surface area (Å²) >= 11 is 1.01. The van der Waals surface area contributed by atoms with Crippen molar-refractivity contribution in [2.75, 3.05) is 31.9 Å². The Balaban J connectivity index is 1.70. The number of nitrogens with two attached hydrogens (primary N) is 3. The Morgan fingerprint density at radius 3 is 2.23 bits per heavy atom. The molecular formula is C41H59N11O12S. The molecule has 65 heavy (non-hydrogen) atoms. The molecule has 9 amide bonds. The number of aliphatic carboxylic acids is 1. The van der Waals surface area contributed by atoms with Crippen molar-refractivity contribution in [2.24, 2.45) is 28.1 Å². The summed E-state index contributed by atoms with van der Waals surface area (Å²) in [5, 5.41) is 23.8. The summed E-state index contributed by atoms with van der Waals surface area (Å²) in [5.41, 5.74) is 16.8. The lowest BCUT2D eigenvalue weighted by Gasteiger charge is -2.24. The van der Waals surface area contributed by atoms with Crippen LogP contribution < -0.4 is 49.1 Å². The number of aliphatic imine (C=N–C) groups is 1. The monoisotopic (exact) mass is 929 g/mol. The first-order valence-corrected chi connectivity index (χ1v) is 22.3. The molecule has 2 aliphatic heterocycles. The molecule has 356 valence electrons. The molecular weight excluding hydrogens is 871 g/mol. The van der Waals surface area contributed by atoms with E-state index in [1.54, 1.807) is 37.3 Å². The quantitative estimate of drug-likeness (QED) is 0.0237. The first kappa shape index (κ1) is 52.8. The molecule has 0 bridgehead atoms. The van der Waals surface area contributed by atoms with Gasteiger partial charge < -0.3 is 54.2 Å². The zero-order valence-electron chi connectivity index (χ0n) is 36.1. The van der Waals surface area contributed by atoms with Crippen LogP contribution in [0.1, 0.15) is 76.7 Å². The number of hydrogen-bond donors (Lipinski definition) is 10. The van der Waals surface area contributed by atoms with E-state index < -0.39 is 120 Å². The number of carboxylic acids is 1. The van der Waals surface area contributed by atoms with E-state index in [0.717, 1.165) is 16.7 Å². The summed E-state index contributed by atoms with van der Waals surface area (Å²) in [5.74, 6) is -9.26. The third kappa shape index (κ3) is 18.6. The molecule has 0 aliphatic carbocycles. The van der Waals surface area contributed by atoms with Crippen LogP contribution in [-0.2, 0) is 59.2 Å². The minimum atomic E-state index is -1.61. The van der Waals surface area contributed by atoms with Crippen LogP contribution >= 0.6 is 11.8 Å². The molecule has 0 spiro atoms. The Morgan fingerprint density at radius 1 is 0.862 bits per heavy atom. The SMILES string of the molecule is CCC(=O)N[C@@H](CSC1CC(=O)N(CCC(=O)NCCCCC2CC(=O)[C@@H](Cc3ccccc3)NC(=O)[C@@H](CC(=O)O)NC(=O)CNC(=O)[C@H](CCCN=C(N)N)NC2=O)C1=O)C(N)=O. The molecule has 13 N–H and O–H groups in total. The predicted octanol–water partition coefficient (Wildman–Crippen LogP) is -3.17. The number of imide groups is 1. The van der Waals surface area contributed by atoms with Crippen LogP contribution in [0.3, 0.4) is 0 Å². The van der Waals surface area contributed by atoms with Crippen molar-refractivity contribution < 1.29 is 57.8 Å². The molecule has 2 heterocycles. The third-order valence-corrected chi connectivity index (χ3v) is 11.7. The van der Waals surface area contributed by atoms with E-state index in [-0.39, 0.29) is 82.7 Å². The molecule has 0 radical (unpaired) electrons. The molecule has 23 nitrogen and oxygen atoms in total. The third-order valence-electron chi connectivity index (χ3n) is 10.4. The van der Waals surface area contributed by atoms with Gasteiger partial charge in [0.2, 0.25) is 53.2 Å². The smallest absolute Gasteiger partial charge is 0.305 e. The summed E-state index contributed by atoms with van der Waals surface area (Å²) in [6, 6.07) is 3.50. The zero-order valence-corrected chi connectivity index (χ0v) is 37.0. The second-order valence-electron chi connectivity index (χ2n) is 15.4. The maximum Gasteiger partial charge on any atom is 0.305 e. The molecule has 6 atom stereocenters. The number of hydrogen-bond acceptors (Lipinski definition) is 13. The number of likely N-dealkylation sites (tertiary alicyclic amines) is 1. The molecule has 0 aromatic heterocycles. The van der Waals surface area contributed by atoms with Crippen molar-refractivity contribution in [3.8, 4) is 0 Å². The Labute approximate surface area is 379 Å². The number of benzene rings is 1. The minimum absolute atomic E-state index is 0.0174. The highest BCUT2D eigenvalue weighted by atomic mass is 32.2. The van der Waals surface area contributed by atoms with Crippen molar-refractivity contribution in [3.63, 3.8) is 0 Å². The van der Waals surface area contributed by atoms with Crippen molar-refractivity contribution in [1.82, 2.24) is 36.8 Å². The van der Waals surface area contributed by atoms with Crippen molar-refractivity contribution in [2.45, 2.75) is 107 Å². The number of unbranched alkanes of at least 4 members (excludes halogenated alkanes) is 1. The molecule has 2 saturated heterocycles. The predicted molar refractivity (Wildman–Crippen MR) is 235 cm³/mol. The number of carbonyl (C=O) groups excluding carboxylic acids is 10. The highest BCUT2D eigenvalue weighted by Crippen LogP contribution is 2.26. The van der Waals surface area contributed by atoms with Gasteiger partial charge in [0.15, 0.2) is 11.7 Å². The van der Waals surface area contributed by atoms with E-state index in [2.05, 4.69) is 36.9 Å². The number of guanidine groups is 1. The Bertz CT molecular complexity index is 1950. The van der Waals surface area contributed by atoms with Crippen molar-refractivity contribution in [3.05, 3.63) is 35.9 Å². The standard InChI is InChI=1S/C41H59N11O12S/c1-2-31(54)49-28(36(42)60)22-65-30-20-34(57)52(40(30)64)16-13-32(55)45-14-7-6-11-24-18-29(53)26(17-23-9-4-3-5-10-23)51-39(63)27(19-35(58)59)48-33(56)21-47-38(62)25(50-37(24)61)12-8-15-46-41(43)44/h3-5,9-10,24-28,30H,2,6-8,11-22H2,1H3,(H2,42,60)(H,45,55)(H,47,62)(H,48,56)(H,49,54)(H,50,61)(H,51,63)(H,58,59)(H4,43,44,46)/t24?,25-,26+,27+,28-,30?/m0/s1. The van der Waals surface area contributed by atoms with E-state index >= 15 is 0 Å². The van der Waals surface area contributed by atoms with Gasteiger partial charge in [-0.25, -0.2) is 0 Å². The highest BCUT2D eigenvalue weighted by molar-refractivity contribution is 8.00. The molecule has 0 saturated carbocycles. The number of nitrogens with zero attached hydrogens (tertiary/aromatic N) is 2. The minimum Gasteiger partial charge on any atom is -0.481 e. The number of thioether (sulfide) groups is 1. The Kier molecular flexibility index (Phi) is 21.8. The molecule has 1 aromatic carbocycles. The summed E-state index contributed by atoms with van der Waals surface area (Å²) in [6.07, 6.45) is -0.592. The summed E-state index contributed by atoms with van der Waals surface area (Å²) < 4.78 is 0. The van der Waals surface area contributed by atoms with Gasteiger partial charge in [0.25, 0.3) is 0 Å². The van der Waals surface area contributed by atoms with Gasteiger partial charge in [-0.05, 0) is 37.7 Å². The zero-order chi connectivity index (χ0) is 48.1. The number of ketones is 1.